The van der Waals surface area contributed by atoms with E-state index in [1.54, 1.807) is 28.8 Å². The highest BCUT2D eigenvalue weighted by Crippen LogP contribution is 2.17. The number of pyridine rings is 1. The van der Waals surface area contributed by atoms with Gasteiger partial charge in [-0.2, -0.15) is 0 Å². The minimum atomic E-state index is -0.458. The number of nitrogens with one attached hydrogen (secondary N) is 1. The van der Waals surface area contributed by atoms with Crippen molar-refractivity contribution in [3.05, 3.63) is 18.3 Å². The third-order valence-electron chi connectivity index (χ3n) is 4.23. The monoisotopic (exact) mass is 331 g/mol. The molecule has 1 unspecified atom stereocenters. The van der Waals surface area contributed by atoms with E-state index < -0.39 is 6.10 Å². The second-order valence-electron chi connectivity index (χ2n) is 5.87. The summed E-state index contributed by atoms with van der Waals surface area (Å²) < 4.78 is 6.94. The number of aromatic nitrogens is 3. The highest BCUT2D eigenvalue weighted by Gasteiger charge is 2.28. The average molecular weight is 331 g/mol. The minimum Gasteiger partial charge on any atom is -0.372 e. The zero-order valence-electron chi connectivity index (χ0n) is 13.9. The Balaban J connectivity index is 1.70. The van der Waals surface area contributed by atoms with E-state index in [1.165, 1.54) is 7.11 Å². The number of carbonyl (C=O) groups is 2. The Kier molecular flexibility index (Phi) is 4.75. The van der Waals surface area contributed by atoms with Gasteiger partial charge in [-0.15, -0.1) is 0 Å². The third kappa shape index (κ3) is 3.23. The fourth-order valence-electron chi connectivity index (χ4n) is 2.92. The van der Waals surface area contributed by atoms with Gasteiger partial charge in [0.25, 0.3) is 5.91 Å². The largest absolute Gasteiger partial charge is 0.372 e. The first kappa shape index (κ1) is 16.4. The van der Waals surface area contributed by atoms with Gasteiger partial charge in [0.1, 0.15) is 18.2 Å². The summed E-state index contributed by atoms with van der Waals surface area (Å²) in [5.74, 6) is 0.00888. The summed E-state index contributed by atoms with van der Waals surface area (Å²) in [5, 5.41) is 2.76. The molecule has 0 saturated carbocycles. The highest BCUT2D eigenvalue weighted by atomic mass is 16.5. The average Bonchev–Trinajstić information content (AvgIpc) is 2.78. The maximum absolute atomic E-state index is 12.4. The van der Waals surface area contributed by atoms with Gasteiger partial charge >= 0.3 is 0 Å². The topological polar surface area (TPSA) is 89.3 Å². The molecule has 0 radical (unpaired) electrons. The van der Waals surface area contributed by atoms with Crippen molar-refractivity contribution in [3.8, 4) is 0 Å². The van der Waals surface area contributed by atoms with E-state index >= 15 is 0 Å². The molecule has 0 aromatic carbocycles. The van der Waals surface area contributed by atoms with Crippen molar-refractivity contribution in [2.75, 3.05) is 25.5 Å². The molecule has 3 heterocycles. The first-order chi connectivity index (χ1) is 11.6. The number of anilines is 1. The van der Waals surface area contributed by atoms with Crippen molar-refractivity contribution in [3.63, 3.8) is 0 Å². The lowest BCUT2D eigenvalue weighted by atomic mass is 10.2. The van der Waals surface area contributed by atoms with Crippen LogP contribution in [0.15, 0.2) is 18.3 Å². The fraction of sp³-hybridized carbons (Fsp3) is 0.500. The molecule has 0 aliphatic carbocycles. The van der Waals surface area contributed by atoms with E-state index in [2.05, 4.69) is 15.3 Å². The van der Waals surface area contributed by atoms with Gasteiger partial charge < -0.3 is 9.64 Å². The molecular formula is C16H21N5O3. The van der Waals surface area contributed by atoms with Crippen LogP contribution in [0.4, 0.5) is 5.95 Å². The summed E-state index contributed by atoms with van der Waals surface area (Å²) in [6, 6.07) is 3.63. The molecule has 128 valence electrons. The van der Waals surface area contributed by atoms with Crippen LogP contribution in [-0.2, 0) is 21.4 Å². The summed E-state index contributed by atoms with van der Waals surface area (Å²) in [6.07, 6.45) is 3.70. The molecule has 3 rings (SSSR count). The van der Waals surface area contributed by atoms with Crippen LogP contribution in [0, 0.1) is 0 Å². The molecule has 24 heavy (non-hydrogen) atoms. The number of ether oxygens (including phenoxy) is 1. The number of fused-ring (bicyclic) bond motifs is 1. The summed E-state index contributed by atoms with van der Waals surface area (Å²) >= 11 is 0. The predicted molar refractivity (Wildman–Crippen MR) is 88.4 cm³/mol. The Morgan fingerprint density at radius 3 is 3.04 bits per heavy atom. The van der Waals surface area contributed by atoms with E-state index in [0.29, 0.717) is 30.1 Å². The van der Waals surface area contributed by atoms with Gasteiger partial charge in [0.15, 0.2) is 5.65 Å². The summed E-state index contributed by atoms with van der Waals surface area (Å²) in [4.78, 5) is 34.9. The van der Waals surface area contributed by atoms with Crippen molar-refractivity contribution >= 4 is 28.9 Å². The van der Waals surface area contributed by atoms with E-state index in [9.17, 15) is 9.59 Å². The lowest BCUT2D eigenvalue weighted by Crippen LogP contribution is -2.43. The van der Waals surface area contributed by atoms with Crippen LogP contribution in [0.5, 0.6) is 0 Å². The number of imidazole rings is 1. The van der Waals surface area contributed by atoms with Gasteiger partial charge in [0, 0.05) is 26.9 Å². The van der Waals surface area contributed by atoms with E-state index in [4.69, 9.17) is 4.74 Å². The zero-order chi connectivity index (χ0) is 17.1. The number of likely N-dealkylation sites (tertiary alicyclic amines) is 1. The number of hydrogen-bond acceptors (Lipinski definition) is 5. The van der Waals surface area contributed by atoms with Crippen molar-refractivity contribution in [2.45, 2.75) is 25.4 Å². The summed E-state index contributed by atoms with van der Waals surface area (Å²) in [7, 11) is 3.31. The van der Waals surface area contributed by atoms with Crippen LogP contribution in [0.2, 0.25) is 0 Å². The molecule has 1 N–H and O–H groups in total. The molecule has 2 aromatic rings. The van der Waals surface area contributed by atoms with Crippen LogP contribution >= 0.6 is 0 Å². The number of rotatable bonds is 4. The van der Waals surface area contributed by atoms with Crippen LogP contribution < -0.4 is 5.32 Å². The number of aryl methyl sites for hydroxylation is 1. The smallest absolute Gasteiger partial charge is 0.252 e. The molecule has 8 heteroatoms. The molecule has 1 aliphatic rings. The normalized spacial score (nSPS) is 18.7. The van der Waals surface area contributed by atoms with Gasteiger partial charge in [0.2, 0.25) is 11.9 Å². The summed E-state index contributed by atoms with van der Waals surface area (Å²) in [5.41, 5.74) is 1.40. The van der Waals surface area contributed by atoms with E-state index in [0.717, 1.165) is 12.8 Å². The first-order valence-corrected chi connectivity index (χ1v) is 7.99. The maximum Gasteiger partial charge on any atom is 0.252 e. The molecule has 2 aromatic heterocycles. The lowest BCUT2D eigenvalue weighted by molar-refractivity contribution is -0.143. The molecular weight excluding hydrogens is 310 g/mol. The van der Waals surface area contributed by atoms with Gasteiger partial charge in [-0.05, 0) is 31.4 Å². The molecule has 8 nitrogen and oxygen atoms in total. The zero-order valence-corrected chi connectivity index (χ0v) is 13.9. The predicted octanol–water partition coefficient (Wildman–Crippen LogP) is 0.934. The molecule has 2 amide bonds. The second-order valence-corrected chi connectivity index (χ2v) is 5.87. The molecule has 0 bridgehead atoms. The van der Waals surface area contributed by atoms with E-state index in [-0.39, 0.29) is 18.4 Å². The molecule has 0 spiro atoms. The van der Waals surface area contributed by atoms with Crippen LogP contribution in [0.25, 0.3) is 11.2 Å². The van der Waals surface area contributed by atoms with Crippen LogP contribution in [0.3, 0.4) is 0 Å². The molecule has 1 fully saturated rings. The first-order valence-electron chi connectivity index (χ1n) is 7.99. The minimum absolute atomic E-state index is 0.00464. The molecule has 1 atom stereocenters. The van der Waals surface area contributed by atoms with Crippen molar-refractivity contribution in [1.82, 2.24) is 19.4 Å². The van der Waals surface area contributed by atoms with Crippen LogP contribution in [0.1, 0.15) is 19.3 Å². The van der Waals surface area contributed by atoms with Gasteiger partial charge in [-0.25, -0.2) is 9.97 Å². The number of amides is 2. The van der Waals surface area contributed by atoms with Gasteiger partial charge in [-0.3, -0.25) is 19.5 Å². The standard InChI is InChI=1S/C16H21N5O3/c1-20-14-11(6-5-8-17-14)18-16(20)19-13(22)10-21-9-4-3-7-12(24-2)15(21)23/h5-6,8,12H,3-4,7,9-10H2,1-2H3,(H,18,19,22). The molecule has 1 saturated heterocycles. The van der Waals surface area contributed by atoms with Gasteiger partial charge in [0.05, 0.1) is 0 Å². The number of carbonyl (C=O) groups excluding carboxylic acids is 2. The Labute approximate surface area is 139 Å². The maximum atomic E-state index is 12.4. The summed E-state index contributed by atoms with van der Waals surface area (Å²) in [6.45, 7) is 0.561. The SMILES string of the molecule is COC1CCCCN(CC(=O)Nc2nc3cccnc3n2C)C1=O. The quantitative estimate of drug-likeness (QED) is 0.900. The Morgan fingerprint density at radius 1 is 1.46 bits per heavy atom. The second kappa shape index (κ2) is 6.96. The Morgan fingerprint density at radius 2 is 2.29 bits per heavy atom. The lowest BCUT2D eigenvalue weighted by Gasteiger charge is -2.22. The van der Waals surface area contributed by atoms with Gasteiger partial charge in [-0.1, -0.05) is 0 Å². The van der Waals surface area contributed by atoms with Crippen molar-refractivity contribution < 1.29 is 14.3 Å². The number of methoxy groups -OCH3 is 1. The Hall–Kier alpha value is -2.48. The number of hydrogen-bond donors (Lipinski definition) is 1. The van der Waals surface area contributed by atoms with E-state index in [1.807, 2.05) is 6.07 Å². The molecule has 1 aliphatic heterocycles. The Bertz CT molecular complexity index is 757. The highest BCUT2D eigenvalue weighted by molar-refractivity contribution is 5.95. The fourth-order valence-corrected chi connectivity index (χ4v) is 2.92. The van der Waals surface area contributed by atoms with Crippen molar-refractivity contribution in [2.24, 2.45) is 7.05 Å². The third-order valence-corrected chi connectivity index (χ3v) is 4.23. The number of nitrogens with zero attached hydrogens (tertiary/aromatic N) is 4. The van der Waals surface area contributed by atoms with Crippen LogP contribution in [-0.4, -0.2) is 57.6 Å². The van der Waals surface area contributed by atoms with Crippen molar-refractivity contribution in [1.29, 1.82) is 0 Å².